The summed E-state index contributed by atoms with van der Waals surface area (Å²) < 4.78 is 4.91. The molecule has 0 spiro atoms. The first-order valence-electron chi connectivity index (χ1n) is 5.02. The molecule has 0 aromatic heterocycles. The van der Waals surface area contributed by atoms with Gasteiger partial charge >= 0.3 is 5.97 Å². The van der Waals surface area contributed by atoms with Gasteiger partial charge in [0.15, 0.2) is 0 Å². The van der Waals surface area contributed by atoms with Crippen LogP contribution in [0.4, 0.5) is 5.69 Å². The molecule has 0 fully saturated rings. The highest BCUT2D eigenvalue weighted by Crippen LogP contribution is 2.24. The van der Waals surface area contributed by atoms with Crippen molar-refractivity contribution in [2.75, 3.05) is 5.32 Å². The number of carbonyl (C=O) groups is 2. The van der Waals surface area contributed by atoms with E-state index in [9.17, 15) is 9.59 Å². The lowest BCUT2D eigenvalue weighted by atomic mass is 10.2. The molecule has 0 bridgehead atoms. The number of amides is 1. The Kier molecular flexibility index (Phi) is 3.69. The Balaban J connectivity index is 2.19. The molecule has 0 unspecified atom stereocenters. The molecule has 0 atom stereocenters. The third kappa shape index (κ3) is 2.72. The van der Waals surface area contributed by atoms with Crippen LogP contribution in [-0.2, 0) is 8.98 Å². The monoisotopic (exact) mass is 263 g/mol. The average Bonchev–Trinajstić information content (AvgIpc) is 2.40. The predicted octanol–water partition coefficient (Wildman–Crippen LogP) is 2.40. The van der Waals surface area contributed by atoms with Gasteiger partial charge in [-0.2, -0.15) is 0 Å². The van der Waals surface area contributed by atoms with E-state index in [0.29, 0.717) is 4.91 Å². The molecule has 1 aromatic carbocycles. The Bertz CT molecular complexity index is 551. The zero-order chi connectivity index (χ0) is 13.0. The molecular weight excluding hydrogens is 254 g/mol. The second-order valence-corrected chi connectivity index (χ2v) is 4.14. The summed E-state index contributed by atoms with van der Waals surface area (Å²) in [5.74, 6) is -1.50. The zero-order valence-electron chi connectivity index (χ0n) is 9.12. The number of hydrogen-bond acceptors (Lipinski definition) is 4. The topological polar surface area (TPSA) is 75.6 Å². The minimum absolute atomic E-state index is 0.0451. The van der Waals surface area contributed by atoms with Crippen molar-refractivity contribution in [2.24, 2.45) is 0 Å². The summed E-state index contributed by atoms with van der Waals surface area (Å²) in [6.07, 6.45) is 4.63. The van der Waals surface area contributed by atoms with Gasteiger partial charge in [-0.15, -0.1) is 0 Å². The van der Waals surface area contributed by atoms with Crippen molar-refractivity contribution in [2.45, 2.75) is 0 Å². The van der Waals surface area contributed by atoms with E-state index in [4.69, 9.17) is 9.29 Å². The Morgan fingerprint density at radius 1 is 1.28 bits per heavy atom. The molecule has 0 aliphatic carbocycles. The van der Waals surface area contributed by atoms with Gasteiger partial charge in [-0.05, 0) is 24.3 Å². The van der Waals surface area contributed by atoms with E-state index in [2.05, 4.69) is 5.32 Å². The molecule has 5 nitrogen and oxygen atoms in total. The molecule has 1 aliphatic heterocycles. The molecular formula is C12H9NO4S. The van der Waals surface area contributed by atoms with Crippen LogP contribution in [0, 0.1) is 0 Å². The van der Waals surface area contributed by atoms with E-state index in [-0.39, 0.29) is 11.3 Å². The maximum atomic E-state index is 11.8. The molecule has 1 amide bonds. The highest BCUT2D eigenvalue weighted by molar-refractivity contribution is 7.99. The summed E-state index contributed by atoms with van der Waals surface area (Å²) in [6.45, 7) is 0. The van der Waals surface area contributed by atoms with Gasteiger partial charge in [0, 0.05) is 0 Å². The first-order valence-corrected chi connectivity index (χ1v) is 5.76. The van der Waals surface area contributed by atoms with E-state index >= 15 is 0 Å². The molecule has 1 heterocycles. The fourth-order valence-electron chi connectivity index (χ4n) is 1.34. The summed E-state index contributed by atoms with van der Waals surface area (Å²) in [7, 11) is 0. The molecule has 6 heteroatoms. The van der Waals surface area contributed by atoms with Crippen LogP contribution in [0.1, 0.15) is 10.4 Å². The van der Waals surface area contributed by atoms with Crippen LogP contribution in [-0.4, -0.2) is 17.0 Å². The third-order valence-electron chi connectivity index (χ3n) is 2.15. The first kappa shape index (κ1) is 12.3. The number of allylic oxidation sites excluding steroid dienone is 2. The Labute approximate surface area is 107 Å². The molecule has 1 aromatic rings. The lowest BCUT2D eigenvalue weighted by Crippen LogP contribution is -2.15. The van der Waals surface area contributed by atoms with Crippen LogP contribution in [0.15, 0.2) is 47.6 Å². The van der Waals surface area contributed by atoms with Crippen LogP contribution >= 0.6 is 12.0 Å². The molecule has 2 N–H and O–H groups in total. The number of rotatable bonds is 3. The number of carboxylic acid groups (broad SMARTS) is 1. The van der Waals surface area contributed by atoms with Crippen molar-refractivity contribution >= 4 is 29.6 Å². The molecule has 2 rings (SSSR count). The van der Waals surface area contributed by atoms with Crippen molar-refractivity contribution in [3.05, 3.63) is 53.1 Å². The molecule has 0 radical (unpaired) electrons. The summed E-state index contributed by atoms with van der Waals surface area (Å²) in [5.41, 5.74) is 0.301. The number of carbonyl (C=O) groups excluding carboxylic acids is 1. The maximum Gasteiger partial charge on any atom is 0.337 e. The number of nitrogens with one attached hydrogen (secondary N) is 1. The number of aromatic carboxylic acids is 1. The van der Waals surface area contributed by atoms with Crippen LogP contribution in [0.5, 0.6) is 0 Å². The van der Waals surface area contributed by atoms with Crippen LogP contribution in [0.3, 0.4) is 0 Å². The molecule has 1 aliphatic rings. The van der Waals surface area contributed by atoms with Crippen molar-refractivity contribution in [1.29, 1.82) is 0 Å². The highest BCUT2D eigenvalue weighted by Gasteiger charge is 2.16. The summed E-state index contributed by atoms with van der Waals surface area (Å²) >= 11 is 0.920. The van der Waals surface area contributed by atoms with Crippen LogP contribution < -0.4 is 5.32 Å². The Hall–Kier alpha value is -2.21. The molecule has 18 heavy (non-hydrogen) atoms. The molecule has 0 saturated carbocycles. The summed E-state index contributed by atoms with van der Waals surface area (Å²) in [6, 6.07) is 6.21. The van der Waals surface area contributed by atoms with Gasteiger partial charge in [-0.25, -0.2) is 4.79 Å². The summed E-state index contributed by atoms with van der Waals surface area (Å²) in [4.78, 5) is 23.2. The zero-order valence-corrected chi connectivity index (χ0v) is 9.94. The third-order valence-corrected chi connectivity index (χ3v) is 2.86. The van der Waals surface area contributed by atoms with Crippen LogP contribution in [0.25, 0.3) is 0 Å². The fraction of sp³-hybridized carbons (Fsp3) is 0. The second kappa shape index (κ2) is 5.42. The van der Waals surface area contributed by atoms with Gasteiger partial charge in [0.1, 0.15) is 11.2 Å². The SMILES string of the molecule is O=C(Nc1ccccc1C(=O)O)C1=CC=COS1. The minimum atomic E-state index is -1.09. The van der Waals surface area contributed by atoms with Gasteiger partial charge in [0.2, 0.25) is 0 Å². The van der Waals surface area contributed by atoms with E-state index in [1.165, 1.54) is 18.4 Å². The van der Waals surface area contributed by atoms with Crippen molar-refractivity contribution in [3.8, 4) is 0 Å². The van der Waals surface area contributed by atoms with Gasteiger partial charge in [-0.3, -0.25) is 4.79 Å². The fourth-order valence-corrected chi connectivity index (χ4v) is 1.83. The van der Waals surface area contributed by atoms with E-state index in [0.717, 1.165) is 12.0 Å². The number of anilines is 1. The number of carboxylic acids is 1. The second-order valence-electron chi connectivity index (χ2n) is 3.34. The van der Waals surface area contributed by atoms with E-state index in [1.54, 1.807) is 24.3 Å². The van der Waals surface area contributed by atoms with E-state index < -0.39 is 11.9 Å². The van der Waals surface area contributed by atoms with Gasteiger partial charge in [-0.1, -0.05) is 12.1 Å². The lowest BCUT2D eigenvalue weighted by molar-refractivity contribution is -0.112. The van der Waals surface area contributed by atoms with Gasteiger partial charge in [0.05, 0.1) is 23.3 Å². The smallest absolute Gasteiger partial charge is 0.337 e. The number of benzene rings is 1. The highest BCUT2D eigenvalue weighted by atomic mass is 32.2. The van der Waals surface area contributed by atoms with Crippen molar-refractivity contribution < 1.29 is 18.9 Å². The minimum Gasteiger partial charge on any atom is -0.478 e. The largest absolute Gasteiger partial charge is 0.478 e. The lowest BCUT2D eigenvalue weighted by Gasteiger charge is -2.10. The normalized spacial score (nSPS) is 13.4. The van der Waals surface area contributed by atoms with Crippen molar-refractivity contribution in [3.63, 3.8) is 0 Å². The van der Waals surface area contributed by atoms with Gasteiger partial charge < -0.3 is 14.6 Å². The average molecular weight is 263 g/mol. The number of hydrogen-bond donors (Lipinski definition) is 2. The molecule has 0 saturated heterocycles. The number of para-hydroxylation sites is 1. The predicted molar refractivity (Wildman–Crippen MR) is 67.9 cm³/mol. The van der Waals surface area contributed by atoms with Crippen LogP contribution in [0.2, 0.25) is 0 Å². The summed E-state index contributed by atoms with van der Waals surface area (Å²) in [5, 5.41) is 11.5. The maximum absolute atomic E-state index is 11.8. The van der Waals surface area contributed by atoms with E-state index in [1.807, 2.05) is 0 Å². The Morgan fingerprint density at radius 3 is 2.72 bits per heavy atom. The standard InChI is InChI=1S/C12H9NO4S/c14-11(10-6-3-7-17-18-10)13-9-5-2-1-4-8(9)12(15)16/h1-7H,(H,13,14)(H,15,16). The Morgan fingerprint density at radius 2 is 2.06 bits per heavy atom. The van der Waals surface area contributed by atoms with Gasteiger partial charge in [0.25, 0.3) is 5.91 Å². The molecule has 92 valence electrons. The van der Waals surface area contributed by atoms with Crippen molar-refractivity contribution in [1.82, 2.24) is 0 Å². The first-order chi connectivity index (χ1) is 8.68. The quantitative estimate of drug-likeness (QED) is 0.819.